The maximum Gasteiger partial charge on any atom is 0.272 e. The van der Waals surface area contributed by atoms with Crippen LogP contribution >= 0.6 is 0 Å². The lowest BCUT2D eigenvalue weighted by Crippen LogP contribution is -2.28. The van der Waals surface area contributed by atoms with Crippen molar-refractivity contribution < 1.29 is 0 Å². The van der Waals surface area contributed by atoms with Gasteiger partial charge in [0.2, 0.25) is 0 Å². The second kappa shape index (κ2) is 7.43. The summed E-state index contributed by atoms with van der Waals surface area (Å²) in [6.45, 7) is 2.93. The number of nitrogens with zero attached hydrogens (tertiary/aromatic N) is 1. The third-order valence-electron chi connectivity index (χ3n) is 5.94. The van der Waals surface area contributed by atoms with E-state index >= 15 is 0 Å². The molecular formula is C25H24N4O. The van der Waals surface area contributed by atoms with Gasteiger partial charge in [-0.05, 0) is 42.8 Å². The fourth-order valence-corrected chi connectivity index (χ4v) is 4.45. The molecule has 30 heavy (non-hydrogen) atoms. The van der Waals surface area contributed by atoms with Crippen LogP contribution in [0.4, 0.5) is 5.69 Å². The molecule has 0 saturated carbocycles. The molecule has 1 aliphatic heterocycles. The van der Waals surface area contributed by atoms with Gasteiger partial charge in [-0.3, -0.25) is 4.79 Å². The third-order valence-corrected chi connectivity index (χ3v) is 5.94. The highest BCUT2D eigenvalue weighted by molar-refractivity contribution is 5.97. The van der Waals surface area contributed by atoms with Gasteiger partial charge in [0, 0.05) is 17.6 Å². The molecule has 0 saturated heterocycles. The van der Waals surface area contributed by atoms with Crippen molar-refractivity contribution in [1.82, 2.24) is 15.5 Å². The lowest BCUT2D eigenvalue weighted by atomic mass is 9.80. The SMILES string of the molecule is CNCc1ccc(C2Nc3cccc4c(=O)[nH]nc(c34)C2c2ccc(C)cc2)cc1. The number of hydrogen-bond donors (Lipinski definition) is 3. The molecule has 5 rings (SSSR count). The van der Waals surface area contributed by atoms with Crippen LogP contribution in [0.5, 0.6) is 0 Å². The molecule has 0 amide bonds. The summed E-state index contributed by atoms with van der Waals surface area (Å²) in [4.78, 5) is 12.4. The quantitative estimate of drug-likeness (QED) is 0.482. The lowest BCUT2D eigenvalue weighted by Gasteiger charge is -2.35. The van der Waals surface area contributed by atoms with Crippen molar-refractivity contribution in [3.05, 3.63) is 105 Å². The van der Waals surface area contributed by atoms with Crippen LogP contribution < -0.4 is 16.2 Å². The van der Waals surface area contributed by atoms with Crippen LogP contribution in [0.15, 0.2) is 71.5 Å². The van der Waals surface area contributed by atoms with Gasteiger partial charge in [-0.2, -0.15) is 5.10 Å². The molecule has 2 heterocycles. The highest BCUT2D eigenvalue weighted by Gasteiger charge is 2.34. The van der Waals surface area contributed by atoms with E-state index in [9.17, 15) is 4.79 Å². The van der Waals surface area contributed by atoms with Gasteiger partial charge in [0.25, 0.3) is 5.56 Å². The Morgan fingerprint density at radius 2 is 1.70 bits per heavy atom. The van der Waals surface area contributed by atoms with Crippen molar-refractivity contribution in [3.63, 3.8) is 0 Å². The van der Waals surface area contributed by atoms with Crippen molar-refractivity contribution >= 4 is 16.5 Å². The number of nitrogens with one attached hydrogen (secondary N) is 3. The number of anilines is 1. The number of rotatable bonds is 4. The van der Waals surface area contributed by atoms with Crippen LogP contribution in [0.2, 0.25) is 0 Å². The molecule has 3 N–H and O–H groups in total. The van der Waals surface area contributed by atoms with E-state index in [1.807, 2.05) is 25.2 Å². The fraction of sp³-hybridized carbons (Fsp3) is 0.200. The average Bonchev–Trinajstić information content (AvgIpc) is 2.77. The summed E-state index contributed by atoms with van der Waals surface area (Å²) in [5.41, 5.74) is 6.53. The van der Waals surface area contributed by atoms with Gasteiger partial charge < -0.3 is 10.6 Å². The van der Waals surface area contributed by atoms with Gasteiger partial charge in [-0.15, -0.1) is 0 Å². The Bertz CT molecular complexity index is 1260. The molecule has 150 valence electrons. The van der Waals surface area contributed by atoms with Gasteiger partial charge in [-0.1, -0.05) is 60.2 Å². The molecule has 0 aliphatic carbocycles. The summed E-state index contributed by atoms with van der Waals surface area (Å²) >= 11 is 0. The summed E-state index contributed by atoms with van der Waals surface area (Å²) in [6.07, 6.45) is 0. The lowest BCUT2D eigenvalue weighted by molar-refractivity contribution is 0.637. The molecule has 4 aromatic rings. The topological polar surface area (TPSA) is 69.8 Å². The Balaban J connectivity index is 1.71. The van der Waals surface area contributed by atoms with Crippen molar-refractivity contribution in [3.8, 4) is 0 Å². The molecule has 0 fully saturated rings. The zero-order valence-electron chi connectivity index (χ0n) is 17.1. The van der Waals surface area contributed by atoms with E-state index < -0.39 is 0 Å². The Hall–Kier alpha value is -3.44. The van der Waals surface area contributed by atoms with Crippen LogP contribution in [0, 0.1) is 6.92 Å². The van der Waals surface area contributed by atoms with E-state index in [1.54, 1.807) is 0 Å². The van der Waals surface area contributed by atoms with E-state index in [1.165, 1.54) is 22.3 Å². The minimum atomic E-state index is -0.157. The third kappa shape index (κ3) is 3.08. The molecule has 3 aromatic carbocycles. The van der Waals surface area contributed by atoms with E-state index in [0.29, 0.717) is 5.39 Å². The average molecular weight is 396 g/mol. The van der Waals surface area contributed by atoms with Crippen LogP contribution in [0.25, 0.3) is 10.8 Å². The van der Waals surface area contributed by atoms with E-state index in [4.69, 9.17) is 0 Å². The zero-order valence-corrected chi connectivity index (χ0v) is 17.1. The molecule has 1 aliphatic rings. The predicted molar refractivity (Wildman–Crippen MR) is 121 cm³/mol. The minimum Gasteiger partial charge on any atom is -0.377 e. The van der Waals surface area contributed by atoms with E-state index in [0.717, 1.165) is 23.3 Å². The first-order valence-electron chi connectivity index (χ1n) is 10.2. The largest absolute Gasteiger partial charge is 0.377 e. The fourth-order valence-electron chi connectivity index (χ4n) is 4.45. The molecule has 0 radical (unpaired) electrons. The van der Waals surface area contributed by atoms with E-state index in [2.05, 4.69) is 76.3 Å². The van der Waals surface area contributed by atoms with Crippen LogP contribution in [-0.2, 0) is 6.54 Å². The smallest absolute Gasteiger partial charge is 0.272 e. The van der Waals surface area contributed by atoms with Crippen molar-refractivity contribution in [2.24, 2.45) is 0 Å². The maximum atomic E-state index is 12.4. The first kappa shape index (κ1) is 18.6. The summed E-state index contributed by atoms with van der Waals surface area (Å²) in [7, 11) is 1.95. The Morgan fingerprint density at radius 3 is 2.43 bits per heavy atom. The second-order valence-corrected chi connectivity index (χ2v) is 7.95. The number of H-pyrrole nitrogens is 1. The van der Waals surface area contributed by atoms with Gasteiger partial charge >= 0.3 is 0 Å². The normalized spacial score (nSPS) is 17.7. The molecule has 2 unspecified atom stereocenters. The highest BCUT2D eigenvalue weighted by atomic mass is 16.1. The van der Waals surface area contributed by atoms with Gasteiger partial charge in [0.1, 0.15) is 0 Å². The van der Waals surface area contributed by atoms with Crippen LogP contribution in [0.1, 0.15) is 39.9 Å². The minimum absolute atomic E-state index is 0.00726. The van der Waals surface area contributed by atoms with E-state index in [-0.39, 0.29) is 17.5 Å². The highest BCUT2D eigenvalue weighted by Crippen LogP contribution is 2.46. The molecule has 1 aromatic heterocycles. The standard InChI is InChI=1S/C25H24N4O/c1-15-6-10-17(11-7-15)21-23(18-12-8-16(9-13-18)14-26-2)27-20-5-3-4-19-22(20)24(21)28-29-25(19)30/h3-13,21,23,26-27H,14H2,1-2H3,(H,29,30). The number of aromatic nitrogens is 2. The Kier molecular flexibility index (Phi) is 4.60. The zero-order chi connectivity index (χ0) is 20.7. The van der Waals surface area contributed by atoms with Gasteiger partial charge in [0.05, 0.1) is 23.0 Å². The molecule has 2 atom stereocenters. The first-order valence-corrected chi connectivity index (χ1v) is 10.2. The van der Waals surface area contributed by atoms with Crippen LogP contribution in [0.3, 0.4) is 0 Å². The molecule has 0 spiro atoms. The summed E-state index contributed by atoms with van der Waals surface area (Å²) < 4.78 is 0. The van der Waals surface area contributed by atoms with Gasteiger partial charge in [-0.25, -0.2) is 5.10 Å². The summed E-state index contributed by atoms with van der Waals surface area (Å²) in [6, 6.07) is 23.1. The van der Waals surface area contributed by atoms with Gasteiger partial charge in [0.15, 0.2) is 0 Å². The Labute approximate surface area is 175 Å². The molecule has 5 heteroatoms. The van der Waals surface area contributed by atoms with Crippen molar-refractivity contribution in [1.29, 1.82) is 0 Å². The van der Waals surface area contributed by atoms with Crippen molar-refractivity contribution in [2.75, 3.05) is 12.4 Å². The molecular weight excluding hydrogens is 372 g/mol. The number of aryl methyl sites for hydroxylation is 1. The second-order valence-electron chi connectivity index (χ2n) is 7.95. The summed E-state index contributed by atoms with van der Waals surface area (Å²) in [5, 5.41) is 15.8. The Morgan fingerprint density at radius 1 is 0.967 bits per heavy atom. The molecule has 5 nitrogen and oxygen atoms in total. The van der Waals surface area contributed by atoms with Crippen molar-refractivity contribution in [2.45, 2.75) is 25.4 Å². The first-order chi connectivity index (χ1) is 14.7. The monoisotopic (exact) mass is 396 g/mol. The number of aromatic amines is 1. The predicted octanol–water partition coefficient (Wildman–Crippen LogP) is 4.25. The number of hydrogen-bond acceptors (Lipinski definition) is 4. The molecule has 0 bridgehead atoms. The number of benzene rings is 3. The van der Waals surface area contributed by atoms with Crippen LogP contribution in [-0.4, -0.2) is 17.2 Å². The summed E-state index contributed by atoms with van der Waals surface area (Å²) in [5.74, 6) is -0.0185. The maximum absolute atomic E-state index is 12.4.